The van der Waals surface area contributed by atoms with E-state index in [0.717, 1.165) is 0 Å². The molecule has 0 aromatic heterocycles. The third-order valence-electron chi connectivity index (χ3n) is 4.13. The van der Waals surface area contributed by atoms with Crippen LogP contribution in [0, 0.1) is 5.82 Å². The highest BCUT2D eigenvalue weighted by molar-refractivity contribution is 6.21. The van der Waals surface area contributed by atoms with Crippen molar-refractivity contribution in [2.24, 2.45) is 4.99 Å². The molecule has 6 nitrogen and oxygen atoms in total. The number of nitrogens with one attached hydrogen (secondary N) is 2. The molecule has 0 aliphatic carbocycles. The predicted molar refractivity (Wildman–Crippen MR) is 96.4 cm³/mol. The summed E-state index contributed by atoms with van der Waals surface area (Å²) in [5.41, 5.74) is 1.38. The van der Waals surface area contributed by atoms with Gasteiger partial charge < -0.3 is 10.6 Å². The zero-order chi connectivity index (χ0) is 18.5. The van der Waals surface area contributed by atoms with E-state index in [2.05, 4.69) is 15.6 Å². The molecule has 3 rings (SSSR count). The van der Waals surface area contributed by atoms with Crippen molar-refractivity contribution < 1.29 is 14.0 Å². The number of halogens is 1. The van der Waals surface area contributed by atoms with Crippen LogP contribution in [0.1, 0.15) is 26.3 Å². The molecule has 2 amide bonds. The van der Waals surface area contributed by atoms with Crippen molar-refractivity contribution in [1.82, 2.24) is 15.5 Å². The van der Waals surface area contributed by atoms with Gasteiger partial charge in [0.15, 0.2) is 5.96 Å². The number of carbonyl (C=O) groups is 2. The Morgan fingerprint density at radius 1 is 1.00 bits per heavy atom. The first-order valence-corrected chi connectivity index (χ1v) is 8.25. The fourth-order valence-corrected chi connectivity index (χ4v) is 2.77. The minimum absolute atomic E-state index is 0.215. The van der Waals surface area contributed by atoms with E-state index in [-0.39, 0.29) is 30.7 Å². The quantitative estimate of drug-likeness (QED) is 0.488. The van der Waals surface area contributed by atoms with Crippen molar-refractivity contribution in [1.29, 1.82) is 0 Å². The molecule has 1 aliphatic rings. The molecule has 7 heteroatoms. The number of amides is 2. The summed E-state index contributed by atoms with van der Waals surface area (Å²) in [7, 11) is 1.60. The molecule has 0 saturated heterocycles. The largest absolute Gasteiger partial charge is 0.355 e. The normalized spacial score (nSPS) is 13.8. The molecule has 0 radical (unpaired) electrons. The highest BCUT2D eigenvalue weighted by atomic mass is 19.1. The lowest BCUT2D eigenvalue weighted by molar-refractivity contribution is 0.0657. The molecule has 2 aromatic rings. The Morgan fingerprint density at radius 3 is 2.23 bits per heavy atom. The van der Waals surface area contributed by atoms with E-state index in [0.29, 0.717) is 29.2 Å². The van der Waals surface area contributed by atoms with Gasteiger partial charge >= 0.3 is 0 Å². The SMILES string of the molecule is CN=C(NCCN1C(=O)c2ccccc2C1=O)NCc1ccccc1F. The molecule has 134 valence electrons. The minimum atomic E-state index is -0.290. The van der Waals surface area contributed by atoms with Crippen LogP contribution in [0.4, 0.5) is 4.39 Å². The second-order valence-electron chi connectivity index (χ2n) is 5.75. The van der Waals surface area contributed by atoms with Gasteiger partial charge in [0.1, 0.15) is 5.82 Å². The lowest BCUT2D eigenvalue weighted by Gasteiger charge is -2.16. The fourth-order valence-electron chi connectivity index (χ4n) is 2.77. The molecule has 0 spiro atoms. The monoisotopic (exact) mass is 354 g/mol. The first-order valence-electron chi connectivity index (χ1n) is 8.25. The summed E-state index contributed by atoms with van der Waals surface area (Å²) >= 11 is 0. The number of hydrogen-bond acceptors (Lipinski definition) is 3. The van der Waals surface area contributed by atoms with E-state index in [4.69, 9.17) is 0 Å². The first-order chi connectivity index (χ1) is 12.6. The zero-order valence-corrected chi connectivity index (χ0v) is 14.3. The maximum Gasteiger partial charge on any atom is 0.261 e. The smallest absolute Gasteiger partial charge is 0.261 e. The van der Waals surface area contributed by atoms with Crippen LogP contribution in [-0.2, 0) is 6.54 Å². The number of carbonyl (C=O) groups excluding carboxylic acids is 2. The predicted octanol–water partition coefficient (Wildman–Crippen LogP) is 1.79. The summed E-state index contributed by atoms with van der Waals surface area (Å²) in [6.45, 7) is 0.828. The Morgan fingerprint density at radius 2 is 1.62 bits per heavy atom. The standard InChI is InChI=1S/C19H19FN4O2/c1-21-19(23-12-13-6-2-5-9-16(13)20)22-10-11-24-17(25)14-7-3-4-8-15(14)18(24)26/h2-9H,10-12H2,1H3,(H2,21,22,23). The van der Waals surface area contributed by atoms with Gasteiger partial charge in [0.2, 0.25) is 0 Å². The van der Waals surface area contributed by atoms with Crippen molar-refractivity contribution >= 4 is 17.8 Å². The van der Waals surface area contributed by atoms with Crippen LogP contribution in [0.5, 0.6) is 0 Å². The van der Waals surface area contributed by atoms with Gasteiger partial charge in [0.05, 0.1) is 11.1 Å². The fraction of sp³-hybridized carbons (Fsp3) is 0.211. The molecule has 26 heavy (non-hydrogen) atoms. The summed E-state index contributed by atoms with van der Waals surface area (Å²) in [6, 6.07) is 13.3. The van der Waals surface area contributed by atoms with Crippen LogP contribution in [0.15, 0.2) is 53.5 Å². The van der Waals surface area contributed by atoms with Crippen LogP contribution in [-0.4, -0.2) is 42.8 Å². The molecule has 0 saturated carbocycles. The van der Waals surface area contributed by atoms with Gasteiger partial charge in [-0.3, -0.25) is 19.5 Å². The van der Waals surface area contributed by atoms with Crippen molar-refractivity contribution in [2.75, 3.05) is 20.1 Å². The van der Waals surface area contributed by atoms with Crippen molar-refractivity contribution in [2.45, 2.75) is 6.54 Å². The number of fused-ring (bicyclic) bond motifs is 1. The molecule has 1 heterocycles. The van der Waals surface area contributed by atoms with E-state index in [9.17, 15) is 14.0 Å². The first kappa shape index (κ1) is 17.6. The van der Waals surface area contributed by atoms with Gasteiger partial charge in [0, 0.05) is 32.2 Å². The van der Waals surface area contributed by atoms with Crippen LogP contribution >= 0.6 is 0 Å². The Balaban J connectivity index is 1.52. The van der Waals surface area contributed by atoms with Crippen molar-refractivity contribution in [3.05, 3.63) is 71.0 Å². The van der Waals surface area contributed by atoms with Gasteiger partial charge in [-0.05, 0) is 18.2 Å². The molecular weight excluding hydrogens is 335 g/mol. The molecule has 0 atom stereocenters. The van der Waals surface area contributed by atoms with Crippen LogP contribution in [0.25, 0.3) is 0 Å². The zero-order valence-electron chi connectivity index (χ0n) is 14.3. The highest BCUT2D eigenvalue weighted by Gasteiger charge is 2.34. The molecule has 2 N–H and O–H groups in total. The Kier molecular flexibility index (Phi) is 5.26. The number of guanidine groups is 1. The van der Waals surface area contributed by atoms with Crippen LogP contribution < -0.4 is 10.6 Å². The van der Waals surface area contributed by atoms with Crippen LogP contribution in [0.2, 0.25) is 0 Å². The summed E-state index contributed by atoms with van der Waals surface area (Å²) in [6.07, 6.45) is 0. The lowest BCUT2D eigenvalue weighted by atomic mass is 10.1. The second kappa shape index (κ2) is 7.77. The highest BCUT2D eigenvalue weighted by Crippen LogP contribution is 2.21. The van der Waals surface area contributed by atoms with E-state index in [1.165, 1.54) is 11.0 Å². The van der Waals surface area contributed by atoms with Crippen LogP contribution in [0.3, 0.4) is 0 Å². The van der Waals surface area contributed by atoms with Crippen molar-refractivity contribution in [3.63, 3.8) is 0 Å². The van der Waals surface area contributed by atoms with Gasteiger partial charge in [-0.25, -0.2) is 4.39 Å². The van der Waals surface area contributed by atoms with Crippen molar-refractivity contribution in [3.8, 4) is 0 Å². The number of benzene rings is 2. The molecule has 0 bridgehead atoms. The van der Waals surface area contributed by atoms with E-state index in [1.54, 1.807) is 49.5 Å². The van der Waals surface area contributed by atoms with E-state index >= 15 is 0 Å². The number of hydrogen-bond donors (Lipinski definition) is 2. The molecular formula is C19H19FN4O2. The molecule has 2 aromatic carbocycles. The average Bonchev–Trinajstić information content (AvgIpc) is 2.90. The number of rotatable bonds is 5. The van der Waals surface area contributed by atoms with Gasteiger partial charge in [-0.2, -0.15) is 0 Å². The van der Waals surface area contributed by atoms with Gasteiger partial charge in [-0.15, -0.1) is 0 Å². The Hall–Kier alpha value is -3.22. The molecule has 0 unspecified atom stereocenters. The van der Waals surface area contributed by atoms with E-state index in [1.807, 2.05) is 0 Å². The third-order valence-corrected chi connectivity index (χ3v) is 4.13. The summed E-state index contributed by atoms with van der Waals surface area (Å²) in [5.74, 6) is -0.408. The molecule has 0 fully saturated rings. The minimum Gasteiger partial charge on any atom is -0.355 e. The van der Waals surface area contributed by atoms with E-state index < -0.39 is 0 Å². The topological polar surface area (TPSA) is 73.8 Å². The summed E-state index contributed by atoms with van der Waals surface area (Å²) < 4.78 is 13.6. The van der Waals surface area contributed by atoms with Gasteiger partial charge in [-0.1, -0.05) is 30.3 Å². The second-order valence-corrected chi connectivity index (χ2v) is 5.75. The Bertz CT molecular complexity index is 831. The molecule has 1 aliphatic heterocycles. The number of nitrogens with zero attached hydrogens (tertiary/aromatic N) is 2. The lowest BCUT2D eigenvalue weighted by Crippen LogP contribution is -2.42. The maximum absolute atomic E-state index is 13.6. The number of imide groups is 1. The Labute approximate surface area is 150 Å². The maximum atomic E-state index is 13.6. The summed E-state index contributed by atoms with van der Waals surface area (Å²) in [4.78, 5) is 29.8. The average molecular weight is 354 g/mol. The number of aliphatic imine (C=N–C) groups is 1. The third kappa shape index (κ3) is 3.56. The summed E-state index contributed by atoms with van der Waals surface area (Å²) in [5, 5.41) is 6.03. The van der Waals surface area contributed by atoms with Gasteiger partial charge in [0.25, 0.3) is 11.8 Å².